The molecule has 1 aliphatic heterocycles. The number of aromatic nitrogens is 1. The normalized spacial score (nSPS) is 20.9. The number of rotatable bonds is 6. The number of likely N-dealkylation sites (tertiary alicyclic amines) is 1. The Morgan fingerprint density at radius 1 is 1.46 bits per heavy atom. The number of benzene rings is 1. The zero-order valence-electron chi connectivity index (χ0n) is 14.5. The molecule has 2 heterocycles. The van der Waals surface area contributed by atoms with Crippen molar-refractivity contribution in [3.8, 4) is 5.75 Å². The summed E-state index contributed by atoms with van der Waals surface area (Å²) in [4.78, 5) is 6.81. The summed E-state index contributed by atoms with van der Waals surface area (Å²) in [6.45, 7) is 8.02. The fraction of sp³-hybridized carbons (Fsp3) is 0.450. The van der Waals surface area contributed by atoms with E-state index in [1.54, 1.807) is 13.3 Å². The van der Waals surface area contributed by atoms with Crippen molar-refractivity contribution in [2.24, 2.45) is 5.92 Å². The minimum absolute atomic E-state index is 0.143. The lowest BCUT2D eigenvalue weighted by molar-refractivity contribution is 0.0695. The standard InChI is InChI=1S/C20H26N2O2/c1-4-14(2)13-22-11-5-6-19(22)20(23)16-9-10-21-18-8-7-15(24-3)12-17(16)18/h4,7-10,12,14,19-20,23H,1,5-6,11,13H2,2-3H3. The molecular weight excluding hydrogens is 300 g/mol. The molecule has 3 unspecified atom stereocenters. The molecule has 1 N–H and O–H groups in total. The smallest absolute Gasteiger partial charge is 0.119 e. The highest BCUT2D eigenvalue weighted by molar-refractivity contribution is 5.83. The quantitative estimate of drug-likeness (QED) is 0.825. The van der Waals surface area contributed by atoms with Crippen LogP contribution in [0.3, 0.4) is 0 Å². The number of aliphatic hydroxyl groups is 1. The van der Waals surface area contributed by atoms with Crippen molar-refractivity contribution >= 4 is 10.9 Å². The van der Waals surface area contributed by atoms with E-state index in [-0.39, 0.29) is 6.04 Å². The number of pyridine rings is 1. The molecule has 0 radical (unpaired) electrons. The molecule has 0 saturated carbocycles. The Morgan fingerprint density at radius 3 is 3.04 bits per heavy atom. The number of aliphatic hydroxyl groups excluding tert-OH is 1. The highest BCUT2D eigenvalue weighted by Gasteiger charge is 2.32. The first-order valence-corrected chi connectivity index (χ1v) is 8.61. The second kappa shape index (κ2) is 7.32. The Bertz CT molecular complexity index is 716. The highest BCUT2D eigenvalue weighted by atomic mass is 16.5. The Kier molecular flexibility index (Phi) is 5.17. The summed E-state index contributed by atoms with van der Waals surface area (Å²) in [5, 5.41) is 12.1. The molecule has 3 rings (SSSR count). The zero-order valence-corrected chi connectivity index (χ0v) is 14.5. The third-order valence-corrected chi connectivity index (χ3v) is 5.00. The lowest BCUT2D eigenvalue weighted by Crippen LogP contribution is -2.37. The molecule has 0 bridgehead atoms. The van der Waals surface area contributed by atoms with Crippen LogP contribution in [-0.2, 0) is 0 Å². The monoisotopic (exact) mass is 326 g/mol. The van der Waals surface area contributed by atoms with Gasteiger partial charge >= 0.3 is 0 Å². The van der Waals surface area contributed by atoms with Crippen LogP contribution in [0.2, 0.25) is 0 Å². The number of nitrogens with zero attached hydrogens (tertiary/aromatic N) is 2. The molecule has 4 nitrogen and oxygen atoms in total. The van der Waals surface area contributed by atoms with E-state index in [0.717, 1.165) is 48.1 Å². The van der Waals surface area contributed by atoms with Gasteiger partial charge in [-0.25, -0.2) is 0 Å². The van der Waals surface area contributed by atoms with Gasteiger partial charge in [0, 0.05) is 24.2 Å². The van der Waals surface area contributed by atoms with Crippen molar-refractivity contribution in [1.29, 1.82) is 0 Å². The third-order valence-electron chi connectivity index (χ3n) is 5.00. The van der Waals surface area contributed by atoms with Crippen molar-refractivity contribution in [2.45, 2.75) is 31.9 Å². The summed E-state index contributed by atoms with van der Waals surface area (Å²) in [5.74, 6) is 1.21. The first kappa shape index (κ1) is 16.9. The van der Waals surface area contributed by atoms with Gasteiger partial charge in [0.1, 0.15) is 5.75 Å². The molecule has 1 aromatic carbocycles. The van der Waals surface area contributed by atoms with Gasteiger partial charge in [-0.1, -0.05) is 13.0 Å². The predicted molar refractivity (Wildman–Crippen MR) is 97.2 cm³/mol. The summed E-state index contributed by atoms with van der Waals surface area (Å²) in [7, 11) is 1.66. The average molecular weight is 326 g/mol. The predicted octanol–water partition coefficient (Wildman–Crippen LogP) is 3.56. The number of hydrogen-bond donors (Lipinski definition) is 1. The molecule has 0 aliphatic carbocycles. The van der Waals surface area contributed by atoms with Crippen LogP contribution in [0.25, 0.3) is 10.9 Å². The van der Waals surface area contributed by atoms with E-state index in [1.807, 2.05) is 30.3 Å². The molecule has 24 heavy (non-hydrogen) atoms. The summed E-state index contributed by atoms with van der Waals surface area (Å²) in [5.41, 5.74) is 1.82. The van der Waals surface area contributed by atoms with E-state index >= 15 is 0 Å². The number of methoxy groups -OCH3 is 1. The van der Waals surface area contributed by atoms with Crippen LogP contribution in [-0.4, -0.2) is 41.2 Å². The van der Waals surface area contributed by atoms with E-state index < -0.39 is 6.10 Å². The average Bonchev–Trinajstić information content (AvgIpc) is 3.07. The first-order chi connectivity index (χ1) is 11.6. The van der Waals surface area contributed by atoms with Crippen molar-refractivity contribution < 1.29 is 9.84 Å². The minimum atomic E-state index is -0.526. The van der Waals surface area contributed by atoms with Crippen LogP contribution in [0, 0.1) is 5.92 Å². The van der Waals surface area contributed by atoms with E-state index in [4.69, 9.17) is 4.74 Å². The van der Waals surface area contributed by atoms with Crippen LogP contribution in [0.1, 0.15) is 31.4 Å². The summed E-state index contributed by atoms with van der Waals surface area (Å²) >= 11 is 0. The van der Waals surface area contributed by atoms with Gasteiger partial charge in [-0.2, -0.15) is 0 Å². The van der Waals surface area contributed by atoms with Gasteiger partial charge < -0.3 is 9.84 Å². The molecule has 1 aromatic heterocycles. The van der Waals surface area contributed by atoms with Crippen LogP contribution in [0.5, 0.6) is 5.75 Å². The number of fused-ring (bicyclic) bond motifs is 1. The third kappa shape index (κ3) is 3.30. The molecule has 1 saturated heterocycles. The van der Waals surface area contributed by atoms with E-state index in [9.17, 15) is 5.11 Å². The van der Waals surface area contributed by atoms with Crippen molar-refractivity contribution in [1.82, 2.24) is 9.88 Å². The van der Waals surface area contributed by atoms with Crippen LogP contribution in [0.15, 0.2) is 43.1 Å². The molecular formula is C20H26N2O2. The van der Waals surface area contributed by atoms with Gasteiger partial charge in [0.15, 0.2) is 0 Å². The molecule has 0 spiro atoms. The number of hydrogen-bond acceptors (Lipinski definition) is 4. The second-order valence-corrected chi connectivity index (χ2v) is 6.65. The fourth-order valence-electron chi connectivity index (χ4n) is 3.62. The molecule has 3 atom stereocenters. The maximum absolute atomic E-state index is 11.1. The highest BCUT2D eigenvalue weighted by Crippen LogP contribution is 2.34. The van der Waals surface area contributed by atoms with Gasteiger partial charge in [0.05, 0.1) is 18.7 Å². The number of ether oxygens (including phenoxy) is 1. The maximum Gasteiger partial charge on any atom is 0.119 e. The van der Waals surface area contributed by atoms with Crippen molar-refractivity contribution in [2.75, 3.05) is 20.2 Å². The Morgan fingerprint density at radius 2 is 2.29 bits per heavy atom. The van der Waals surface area contributed by atoms with Crippen molar-refractivity contribution in [3.63, 3.8) is 0 Å². The Labute approximate surface area is 143 Å². The van der Waals surface area contributed by atoms with Crippen molar-refractivity contribution in [3.05, 3.63) is 48.7 Å². The molecule has 4 heteroatoms. The SMILES string of the molecule is C=CC(C)CN1CCCC1C(O)c1ccnc2ccc(OC)cc12. The van der Waals surface area contributed by atoms with E-state index in [0.29, 0.717) is 5.92 Å². The van der Waals surface area contributed by atoms with Crippen LogP contribution in [0.4, 0.5) is 0 Å². The van der Waals surface area contributed by atoms with Gasteiger partial charge in [0.2, 0.25) is 0 Å². The van der Waals surface area contributed by atoms with E-state index in [2.05, 4.69) is 23.4 Å². The Balaban J connectivity index is 1.92. The summed E-state index contributed by atoms with van der Waals surface area (Å²) < 4.78 is 5.34. The molecule has 1 fully saturated rings. The summed E-state index contributed by atoms with van der Waals surface area (Å²) in [6.07, 6.45) is 5.37. The van der Waals surface area contributed by atoms with Gasteiger partial charge in [-0.05, 0) is 55.1 Å². The zero-order chi connectivity index (χ0) is 17.1. The molecule has 1 aliphatic rings. The Hall–Kier alpha value is -1.91. The molecule has 2 aromatic rings. The minimum Gasteiger partial charge on any atom is -0.497 e. The lowest BCUT2D eigenvalue weighted by Gasteiger charge is -2.30. The lowest BCUT2D eigenvalue weighted by atomic mass is 9.96. The van der Waals surface area contributed by atoms with Gasteiger partial charge in [-0.15, -0.1) is 6.58 Å². The molecule has 128 valence electrons. The maximum atomic E-state index is 11.1. The van der Waals surface area contributed by atoms with Crippen LogP contribution < -0.4 is 4.74 Å². The largest absolute Gasteiger partial charge is 0.497 e. The fourth-order valence-corrected chi connectivity index (χ4v) is 3.62. The second-order valence-electron chi connectivity index (χ2n) is 6.65. The van der Waals surface area contributed by atoms with Gasteiger partial charge in [-0.3, -0.25) is 9.88 Å². The molecule has 0 amide bonds. The van der Waals surface area contributed by atoms with Gasteiger partial charge in [0.25, 0.3) is 0 Å². The summed E-state index contributed by atoms with van der Waals surface area (Å²) in [6, 6.07) is 7.88. The van der Waals surface area contributed by atoms with E-state index in [1.165, 1.54) is 0 Å². The first-order valence-electron chi connectivity index (χ1n) is 8.61. The topological polar surface area (TPSA) is 45.6 Å². The van der Waals surface area contributed by atoms with Crippen LogP contribution >= 0.6 is 0 Å².